The first-order valence-corrected chi connectivity index (χ1v) is 6.05. The fourth-order valence-corrected chi connectivity index (χ4v) is 2.76. The molecule has 2 aliphatic carbocycles. The van der Waals surface area contributed by atoms with Gasteiger partial charge in [-0.25, -0.2) is 4.79 Å². The minimum absolute atomic E-state index is 0.0131. The topological polar surface area (TPSA) is 57.6 Å². The van der Waals surface area contributed by atoms with Crippen molar-refractivity contribution in [2.45, 2.75) is 20.3 Å². The van der Waals surface area contributed by atoms with Crippen LogP contribution >= 0.6 is 0 Å². The standard InChI is InChI=1S/C13H17NO3/c1-3-14(4-2)12(15)10-8-5-6-9(7-8)11(10)13(16)17/h5-6,8-9H,3-4,7H2,1-2H3,(H,16,17). The quantitative estimate of drug-likeness (QED) is 0.750. The number of nitrogens with zero attached hydrogens (tertiary/aromatic N) is 1. The summed E-state index contributed by atoms with van der Waals surface area (Å²) in [5.41, 5.74) is 0.822. The maximum atomic E-state index is 12.3. The molecule has 0 aromatic rings. The molecule has 0 fully saturated rings. The third-order valence-electron chi connectivity index (χ3n) is 3.63. The van der Waals surface area contributed by atoms with Gasteiger partial charge >= 0.3 is 5.97 Å². The number of likely N-dealkylation sites (N-methyl/N-ethyl adjacent to an activating group) is 1. The molecule has 92 valence electrons. The SMILES string of the molecule is CCN(CC)C(=O)C1=C(C(=O)O)C2C=CC1C2. The van der Waals surface area contributed by atoms with Crippen molar-refractivity contribution in [1.82, 2.24) is 4.90 Å². The second-order valence-electron chi connectivity index (χ2n) is 4.44. The molecule has 2 bridgehead atoms. The van der Waals surface area contributed by atoms with E-state index in [2.05, 4.69) is 0 Å². The fraction of sp³-hybridized carbons (Fsp3) is 0.538. The molecule has 2 aliphatic rings. The van der Waals surface area contributed by atoms with Gasteiger partial charge in [0.05, 0.1) is 5.57 Å². The maximum Gasteiger partial charge on any atom is 0.332 e. The summed E-state index contributed by atoms with van der Waals surface area (Å²) >= 11 is 0. The Morgan fingerprint density at radius 2 is 1.76 bits per heavy atom. The number of hydrogen-bond donors (Lipinski definition) is 1. The molecule has 0 saturated heterocycles. The van der Waals surface area contributed by atoms with Crippen molar-refractivity contribution in [3.63, 3.8) is 0 Å². The van der Waals surface area contributed by atoms with Crippen LogP contribution in [0.5, 0.6) is 0 Å². The Balaban J connectivity index is 2.35. The number of aliphatic carboxylic acids is 1. The number of carbonyl (C=O) groups is 2. The Kier molecular flexibility index (Phi) is 3.05. The van der Waals surface area contributed by atoms with Crippen molar-refractivity contribution < 1.29 is 14.7 Å². The first-order valence-electron chi connectivity index (χ1n) is 6.05. The molecule has 2 rings (SSSR count). The lowest BCUT2D eigenvalue weighted by Crippen LogP contribution is -2.34. The molecule has 2 unspecified atom stereocenters. The van der Waals surface area contributed by atoms with Crippen molar-refractivity contribution in [3.05, 3.63) is 23.3 Å². The van der Waals surface area contributed by atoms with Crippen LogP contribution in [-0.4, -0.2) is 35.0 Å². The van der Waals surface area contributed by atoms with Gasteiger partial charge in [0.15, 0.2) is 0 Å². The van der Waals surface area contributed by atoms with Gasteiger partial charge < -0.3 is 10.0 Å². The fourth-order valence-electron chi connectivity index (χ4n) is 2.76. The summed E-state index contributed by atoms with van der Waals surface area (Å²) in [5, 5.41) is 9.22. The van der Waals surface area contributed by atoms with Gasteiger partial charge in [0.2, 0.25) is 0 Å². The van der Waals surface area contributed by atoms with E-state index >= 15 is 0 Å². The molecule has 1 N–H and O–H groups in total. The summed E-state index contributed by atoms with van der Waals surface area (Å²) in [6.45, 7) is 5.05. The Labute approximate surface area is 101 Å². The van der Waals surface area contributed by atoms with Gasteiger partial charge in [0.1, 0.15) is 0 Å². The molecule has 0 aliphatic heterocycles. The number of fused-ring (bicyclic) bond motifs is 2. The molecular formula is C13H17NO3. The van der Waals surface area contributed by atoms with Gasteiger partial charge in [-0.3, -0.25) is 4.79 Å². The zero-order chi connectivity index (χ0) is 12.6. The first-order chi connectivity index (χ1) is 8.10. The third kappa shape index (κ3) is 1.77. The second-order valence-corrected chi connectivity index (χ2v) is 4.44. The highest BCUT2D eigenvalue weighted by Gasteiger charge is 2.42. The Morgan fingerprint density at radius 3 is 2.24 bits per heavy atom. The average Bonchev–Trinajstić information content (AvgIpc) is 2.89. The largest absolute Gasteiger partial charge is 0.478 e. The molecule has 0 spiro atoms. The van der Waals surface area contributed by atoms with E-state index in [1.807, 2.05) is 26.0 Å². The molecule has 0 saturated carbocycles. The summed E-state index contributed by atoms with van der Waals surface area (Å²) < 4.78 is 0. The summed E-state index contributed by atoms with van der Waals surface area (Å²) in [6, 6.07) is 0. The van der Waals surface area contributed by atoms with Crippen LogP contribution in [0.1, 0.15) is 20.3 Å². The van der Waals surface area contributed by atoms with E-state index in [1.165, 1.54) is 0 Å². The highest BCUT2D eigenvalue weighted by atomic mass is 16.4. The van der Waals surface area contributed by atoms with E-state index in [4.69, 9.17) is 0 Å². The van der Waals surface area contributed by atoms with Crippen LogP contribution in [0, 0.1) is 11.8 Å². The number of carboxylic acid groups (broad SMARTS) is 1. The van der Waals surface area contributed by atoms with Crippen LogP contribution in [0.2, 0.25) is 0 Å². The normalized spacial score (nSPS) is 25.5. The zero-order valence-electron chi connectivity index (χ0n) is 10.1. The lowest BCUT2D eigenvalue weighted by atomic mass is 9.96. The van der Waals surface area contributed by atoms with Crippen LogP contribution in [0.3, 0.4) is 0 Å². The molecule has 1 amide bonds. The minimum atomic E-state index is -0.947. The van der Waals surface area contributed by atoms with E-state index in [0.29, 0.717) is 24.2 Å². The Morgan fingerprint density at radius 1 is 1.24 bits per heavy atom. The first kappa shape index (κ1) is 11.9. The number of amides is 1. The van der Waals surface area contributed by atoms with Gasteiger partial charge in [-0.15, -0.1) is 0 Å². The smallest absolute Gasteiger partial charge is 0.332 e. The number of carbonyl (C=O) groups excluding carboxylic acids is 1. The molecule has 4 heteroatoms. The van der Waals surface area contributed by atoms with Crippen molar-refractivity contribution in [2.24, 2.45) is 11.8 Å². The summed E-state index contributed by atoms with van der Waals surface area (Å²) in [7, 11) is 0. The summed E-state index contributed by atoms with van der Waals surface area (Å²) in [4.78, 5) is 25.2. The minimum Gasteiger partial charge on any atom is -0.478 e. The number of carboxylic acids is 1. The predicted molar refractivity (Wildman–Crippen MR) is 63.3 cm³/mol. The van der Waals surface area contributed by atoms with Gasteiger partial charge in [0, 0.05) is 30.5 Å². The maximum absolute atomic E-state index is 12.3. The average molecular weight is 235 g/mol. The molecular weight excluding hydrogens is 218 g/mol. The number of allylic oxidation sites excluding steroid dienone is 2. The van der Waals surface area contributed by atoms with Crippen molar-refractivity contribution in [2.75, 3.05) is 13.1 Å². The third-order valence-corrected chi connectivity index (χ3v) is 3.63. The van der Waals surface area contributed by atoms with Crippen LogP contribution < -0.4 is 0 Å². The van der Waals surface area contributed by atoms with E-state index in [0.717, 1.165) is 6.42 Å². The molecule has 0 radical (unpaired) electrons. The van der Waals surface area contributed by atoms with Gasteiger partial charge in [-0.05, 0) is 20.3 Å². The lowest BCUT2D eigenvalue weighted by Gasteiger charge is -2.22. The number of hydrogen-bond acceptors (Lipinski definition) is 2. The molecule has 0 aromatic carbocycles. The van der Waals surface area contributed by atoms with Crippen LogP contribution in [0.4, 0.5) is 0 Å². The van der Waals surface area contributed by atoms with Crippen LogP contribution in [0.15, 0.2) is 23.3 Å². The molecule has 4 nitrogen and oxygen atoms in total. The predicted octanol–water partition coefficient (Wildman–Crippen LogP) is 1.44. The summed E-state index contributed by atoms with van der Waals surface area (Å²) in [6.07, 6.45) is 4.63. The highest BCUT2D eigenvalue weighted by Crippen LogP contribution is 2.44. The second kappa shape index (κ2) is 4.35. The molecule has 2 atom stereocenters. The number of rotatable bonds is 4. The highest BCUT2D eigenvalue weighted by molar-refractivity contribution is 6.04. The van der Waals surface area contributed by atoms with Gasteiger partial charge in [-0.1, -0.05) is 12.2 Å². The van der Waals surface area contributed by atoms with Crippen molar-refractivity contribution in [1.29, 1.82) is 0 Å². The van der Waals surface area contributed by atoms with E-state index < -0.39 is 5.97 Å². The van der Waals surface area contributed by atoms with Crippen molar-refractivity contribution in [3.8, 4) is 0 Å². The zero-order valence-corrected chi connectivity index (χ0v) is 10.1. The molecule has 17 heavy (non-hydrogen) atoms. The Bertz CT molecular complexity index is 418. The van der Waals surface area contributed by atoms with Crippen molar-refractivity contribution >= 4 is 11.9 Å². The summed E-state index contributed by atoms with van der Waals surface area (Å²) in [5.74, 6) is -1.10. The molecule has 0 heterocycles. The van der Waals surface area contributed by atoms with E-state index in [1.54, 1.807) is 4.90 Å². The monoisotopic (exact) mass is 235 g/mol. The van der Waals surface area contributed by atoms with Gasteiger partial charge in [-0.2, -0.15) is 0 Å². The van der Waals surface area contributed by atoms with Crippen LogP contribution in [0.25, 0.3) is 0 Å². The van der Waals surface area contributed by atoms with Gasteiger partial charge in [0.25, 0.3) is 5.91 Å². The van der Waals surface area contributed by atoms with Crippen LogP contribution in [-0.2, 0) is 9.59 Å². The van der Waals surface area contributed by atoms with E-state index in [-0.39, 0.29) is 17.7 Å². The van der Waals surface area contributed by atoms with E-state index in [9.17, 15) is 14.7 Å². The molecule has 0 aromatic heterocycles. The lowest BCUT2D eigenvalue weighted by molar-refractivity contribution is -0.134. The Hall–Kier alpha value is -1.58.